The van der Waals surface area contributed by atoms with Gasteiger partial charge in [-0.3, -0.25) is 4.79 Å². The normalized spacial score (nSPS) is 11.4. The van der Waals surface area contributed by atoms with E-state index in [1.165, 1.54) is 6.92 Å². The quantitative estimate of drug-likeness (QED) is 0.744. The van der Waals surface area contributed by atoms with Crippen LogP contribution in [0.2, 0.25) is 0 Å². The summed E-state index contributed by atoms with van der Waals surface area (Å²) in [5.74, 6) is 0.0780. The molecule has 0 aromatic heterocycles. The molecule has 0 aromatic rings. The van der Waals surface area contributed by atoms with E-state index < -0.39 is 5.60 Å². The highest BCUT2D eigenvalue weighted by Gasteiger charge is 2.23. The van der Waals surface area contributed by atoms with Crippen molar-refractivity contribution in [3.63, 3.8) is 0 Å². The van der Waals surface area contributed by atoms with Gasteiger partial charge in [-0.25, -0.2) is 4.79 Å². The smallest absolute Gasteiger partial charge is 0.410 e. The minimum absolute atomic E-state index is 0.0363. The SMILES string of the molecule is CC(=O)CCN(C(=O)OC(C)(C)C)C(C)C. The van der Waals surface area contributed by atoms with E-state index in [0.717, 1.165) is 0 Å². The molecule has 0 saturated heterocycles. The van der Waals surface area contributed by atoms with Crippen molar-refractivity contribution in [2.24, 2.45) is 0 Å². The van der Waals surface area contributed by atoms with Crippen LogP contribution in [0.15, 0.2) is 0 Å². The van der Waals surface area contributed by atoms with E-state index >= 15 is 0 Å². The fourth-order valence-corrected chi connectivity index (χ4v) is 1.16. The zero-order chi connectivity index (χ0) is 12.9. The maximum atomic E-state index is 11.8. The Kier molecular flexibility index (Phi) is 5.48. The van der Waals surface area contributed by atoms with Crippen molar-refractivity contribution < 1.29 is 14.3 Å². The standard InChI is InChI=1S/C12H23NO3/c1-9(2)13(8-7-10(3)14)11(15)16-12(4,5)6/h9H,7-8H2,1-6H3. The maximum absolute atomic E-state index is 11.8. The van der Waals surface area contributed by atoms with Crippen LogP contribution in [0.1, 0.15) is 48.0 Å². The van der Waals surface area contributed by atoms with Crippen molar-refractivity contribution in [1.82, 2.24) is 4.90 Å². The first-order valence-corrected chi connectivity index (χ1v) is 5.62. The van der Waals surface area contributed by atoms with Crippen LogP contribution in [-0.2, 0) is 9.53 Å². The minimum atomic E-state index is -0.500. The number of ether oxygens (including phenoxy) is 1. The van der Waals surface area contributed by atoms with Crippen molar-refractivity contribution >= 4 is 11.9 Å². The molecule has 0 spiro atoms. The van der Waals surface area contributed by atoms with E-state index in [1.54, 1.807) is 4.90 Å². The number of carbonyl (C=O) groups excluding carboxylic acids is 2. The van der Waals surface area contributed by atoms with Crippen LogP contribution in [0.5, 0.6) is 0 Å². The molecule has 0 aliphatic heterocycles. The Morgan fingerprint density at radius 3 is 2.06 bits per heavy atom. The van der Waals surface area contributed by atoms with E-state index in [9.17, 15) is 9.59 Å². The second-order valence-electron chi connectivity index (χ2n) is 5.22. The second-order valence-corrected chi connectivity index (χ2v) is 5.22. The van der Waals surface area contributed by atoms with Gasteiger partial charge in [-0.1, -0.05) is 0 Å². The van der Waals surface area contributed by atoms with Crippen LogP contribution in [0, 0.1) is 0 Å². The predicted octanol–water partition coefficient (Wildman–Crippen LogP) is 2.61. The third-order valence-corrected chi connectivity index (χ3v) is 1.96. The molecule has 0 N–H and O–H groups in total. The highest BCUT2D eigenvalue weighted by atomic mass is 16.6. The predicted molar refractivity (Wildman–Crippen MR) is 63.4 cm³/mol. The molecule has 0 aliphatic rings. The molecule has 4 heteroatoms. The van der Waals surface area contributed by atoms with Crippen molar-refractivity contribution in [3.05, 3.63) is 0 Å². The number of rotatable bonds is 4. The summed E-state index contributed by atoms with van der Waals surface area (Å²) < 4.78 is 5.27. The van der Waals surface area contributed by atoms with Crippen LogP contribution in [0.3, 0.4) is 0 Å². The van der Waals surface area contributed by atoms with Crippen LogP contribution in [-0.4, -0.2) is 35.0 Å². The van der Waals surface area contributed by atoms with Crippen molar-refractivity contribution in [3.8, 4) is 0 Å². The molecule has 0 radical (unpaired) electrons. The Morgan fingerprint density at radius 2 is 1.75 bits per heavy atom. The molecule has 0 atom stereocenters. The van der Waals surface area contributed by atoms with Gasteiger partial charge in [0.15, 0.2) is 0 Å². The molecule has 0 saturated carbocycles. The molecule has 0 bridgehead atoms. The zero-order valence-electron chi connectivity index (χ0n) is 11.2. The largest absolute Gasteiger partial charge is 0.444 e. The van der Waals surface area contributed by atoms with Gasteiger partial charge >= 0.3 is 6.09 Å². The summed E-state index contributed by atoms with van der Waals surface area (Å²) in [6.07, 6.45) is 0.0148. The summed E-state index contributed by atoms with van der Waals surface area (Å²) >= 11 is 0. The van der Waals surface area contributed by atoms with Crippen LogP contribution < -0.4 is 0 Å². The van der Waals surface area contributed by atoms with Crippen molar-refractivity contribution in [1.29, 1.82) is 0 Å². The van der Waals surface area contributed by atoms with E-state index in [-0.39, 0.29) is 17.9 Å². The van der Waals surface area contributed by atoms with E-state index in [2.05, 4.69) is 0 Å². The lowest BCUT2D eigenvalue weighted by Gasteiger charge is -2.29. The first-order chi connectivity index (χ1) is 7.13. The molecular weight excluding hydrogens is 206 g/mol. The van der Waals surface area contributed by atoms with Gasteiger partial charge in [-0.05, 0) is 41.5 Å². The van der Waals surface area contributed by atoms with Crippen molar-refractivity contribution in [2.75, 3.05) is 6.54 Å². The lowest BCUT2D eigenvalue weighted by Crippen LogP contribution is -2.41. The average molecular weight is 229 g/mol. The third-order valence-electron chi connectivity index (χ3n) is 1.96. The highest BCUT2D eigenvalue weighted by molar-refractivity contribution is 5.76. The fourth-order valence-electron chi connectivity index (χ4n) is 1.16. The Bertz CT molecular complexity index is 253. The maximum Gasteiger partial charge on any atom is 0.410 e. The number of nitrogens with zero attached hydrogens (tertiary/aromatic N) is 1. The second kappa shape index (κ2) is 5.87. The first kappa shape index (κ1) is 14.9. The number of amides is 1. The Labute approximate surface area is 98.0 Å². The van der Waals surface area contributed by atoms with Crippen LogP contribution >= 0.6 is 0 Å². The molecule has 16 heavy (non-hydrogen) atoms. The molecule has 1 amide bonds. The lowest BCUT2D eigenvalue weighted by molar-refractivity contribution is -0.117. The van der Waals surface area contributed by atoms with Gasteiger partial charge < -0.3 is 9.64 Å². The molecule has 94 valence electrons. The van der Waals surface area contributed by atoms with Crippen molar-refractivity contribution in [2.45, 2.75) is 59.6 Å². The van der Waals surface area contributed by atoms with Gasteiger partial charge in [0.25, 0.3) is 0 Å². The molecular formula is C12H23NO3. The van der Waals surface area contributed by atoms with Gasteiger partial charge in [0, 0.05) is 19.0 Å². The topological polar surface area (TPSA) is 46.6 Å². The number of carbonyl (C=O) groups is 2. The monoisotopic (exact) mass is 229 g/mol. The Hall–Kier alpha value is -1.06. The van der Waals surface area contributed by atoms with Crippen LogP contribution in [0.4, 0.5) is 4.79 Å². The van der Waals surface area contributed by atoms with Gasteiger partial charge in [0.1, 0.15) is 11.4 Å². The van der Waals surface area contributed by atoms with Crippen LogP contribution in [0.25, 0.3) is 0 Å². The third kappa shape index (κ3) is 6.43. The summed E-state index contributed by atoms with van der Waals surface area (Å²) in [5, 5.41) is 0. The molecule has 0 aliphatic carbocycles. The van der Waals surface area contributed by atoms with E-state index in [4.69, 9.17) is 4.74 Å². The fraction of sp³-hybridized carbons (Fsp3) is 0.833. The number of Topliss-reactive ketones (excluding diaryl/α,β-unsaturated/α-hetero) is 1. The number of ketones is 1. The Balaban J connectivity index is 4.42. The van der Waals surface area contributed by atoms with E-state index in [0.29, 0.717) is 13.0 Å². The molecule has 4 nitrogen and oxygen atoms in total. The molecule has 0 rings (SSSR count). The van der Waals surface area contributed by atoms with Gasteiger partial charge in [0.05, 0.1) is 0 Å². The lowest BCUT2D eigenvalue weighted by atomic mass is 10.2. The average Bonchev–Trinajstić information content (AvgIpc) is 1.98. The summed E-state index contributed by atoms with van der Waals surface area (Å²) in [6, 6.07) is 0.0363. The molecule has 0 heterocycles. The zero-order valence-corrected chi connectivity index (χ0v) is 11.2. The molecule has 0 unspecified atom stereocenters. The number of hydrogen-bond donors (Lipinski definition) is 0. The van der Waals surface area contributed by atoms with Gasteiger partial charge in [-0.15, -0.1) is 0 Å². The molecule has 0 fully saturated rings. The van der Waals surface area contributed by atoms with Gasteiger partial charge in [-0.2, -0.15) is 0 Å². The van der Waals surface area contributed by atoms with Gasteiger partial charge in [0.2, 0.25) is 0 Å². The minimum Gasteiger partial charge on any atom is -0.444 e. The summed E-state index contributed by atoms with van der Waals surface area (Å²) in [7, 11) is 0. The summed E-state index contributed by atoms with van der Waals surface area (Å²) in [4.78, 5) is 24.3. The number of hydrogen-bond acceptors (Lipinski definition) is 3. The highest BCUT2D eigenvalue weighted by Crippen LogP contribution is 2.12. The molecule has 0 aromatic carbocycles. The summed E-state index contributed by atoms with van der Waals surface area (Å²) in [6.45, 7) is 11.2. The summed E-state index contributed by atoms with van der Waals surface area (Å²) in [5.41, 5.74) is -0.500. The first-order valence-electron chi connectivity index (χ1n) is 5.62. The van der Waals surface area contributed by atoms with E-state index in [1.807, 2.05) is 34.6 Å². The Morgan fingerprint density at radius 1 is 1.25 bits per heavy atom.